The minimum atomic E-state index is 0.336. The summed E-state index contributed by atoms with van der Waals surface area (Å²) in [5, 5.41) is 0.336. The lowest BCUT2D eigenvalue weighted by Crippen LogP contribution is -2.40. The molecule has 1 aliphatic carbocycles. The lowest BCUT2D eigenvalue weighted by molar-refractivity contribution is 0.188. The number of benzene rings is 1. The van der Waals surface area contributed by atoms with Gasteiger partial charge in [-0.05, 0) is 25.5 Å². The van der Waals surface area contributed by atoms with E-state index in [9.17, 15) is 0 Å². The summed E-state index contributed by atoms with van der Waals surface area (Å²) in [6.07, 6.45) is 5.04. The molecule has 0 aromatic heterocycles. The van der Waals surface area contributed by atoms with Gasteiger partial charge in [0.2, 0.25) is 0 Å². The molecule has 0 N–H and O–H groups in total. The Morgan fingerprint density at radius 1 is 1.19 bits per heavy atom. The first-order chi connectivity index (χ1) is 7.77. The summed E-state index contributed by atoms with van der Waals surface area (Å²) in [6, 6.07) is 11.2. The van der Waals surface area contributed by atoms with E-state index < -0.39 is 0 Å². The predicted octanol–water partition coefficient (Wildman–Crippen LogP) is 3.67. The van der Waals surface area contributed by atoms with Gasteiger partial charge in [-0.3, -0.25) is 4.90 Å². The molecule has 0 radical (unpaired) electrons. The van der Waals surface area contributed by atoms with Gasteiger partial charge in [0.1, 0.15) is 0 Å². The maximum atomic E-state index is 6.40. The van der Waals surface area contributed by atoms with Crippen molar-refractivity contribution in [3.8, 4) is 0 Å². The summed E-state index contributed by atoms with van der Waals surface area (Å²) < 4.78 is 0. The van der Waals surface area contributed by atoms with Crippen molar-refractivity contribution in [2.45, 2.75) is 43.6 Å². The van der Waals surface area contributed by atoms with Crippen LogP contribution < -0.4 is 0 Å². The Balaban J connectivity index is 1.94. The molecule has 1 aliphatic rings. The molecule has 0 amide bonds. The van der Waals surface area contributed by atoms with Gasteiger partial charge >= 0.3 is 0 Å². The fourth-order valence-electron chi connectivity index (χ4n) is 2.55. The van der Waals surface area contributed by atoms with E-state index in [-0.39, 0.29) is 0 Å². The van der Waals surface area contributed by atoms with E-state index in [1.807, 2.05) is 0 Å². The van der Waals surface area contributed by atoms with E-state index in [0.717, 1.165) is 6.54 Å². The van der Waals surface area contributed by atoms with E-state index in [2.05, 4.69) is 42.3 Å². The maximum Gasteiger partial charge on any atom is 0.0491 e. The summed E-state index contributed by atoms with van der Waals surface area (Å²) in [5.41, 5.74) is 1.37. The molecule has 88 valence electrons. The third-order valence-electron chi connectivity index (χ3n) is 3.49. The fraction of sp³-hybridized carbons (Fsp3) is 0.571. The molecule has 2 unspecified atom stereocenters. The van der Waals surface area contributed by atoms with E-state index in [1.54, 1.807) is 0 Å². The van der Waals surface area contributed by atoms with E-state index in [0.29, 0.717) is 11.4 Å². The highest BCUT2D eigenvalue weighted by Gasteiger charge is 2.26. The lowest BCUT2D eigenvalue weighted by Gasteiger charge is -2.34. The van der Waals surface area contributed by atoms with Crippen LogP contribution in [0.25, 0.3) is 0 Å². The average Bonchev–Trinajstić information content (AvgIpc) is 2.31. The van der Waals surface area contributed by atoms with Crippen LogP contribution in [0.4, 0.5) is 0 Å². The molecule has 1 aromatic rings. The van der Waals surface area contributed by atoms with Crippen LogP contribution in [0, 0.1) is 0 Å². The minimum Gasteiger partial charge on any atom is -0.298 e. The SMILES string of the molecule is CN(Cc1ccccc1)C1CCCCC1Cl. The number of nitrogens with zero attached hydrogens (tertiary/aromatic N) is 1. The molecule has 2 rings (SSSR count). The molecule has 0 heterocycles. The number of hydrogen-bond acceptors (Lipinski definition) is 1. The van der Waals surface area contributed by atoms with Gasteiger partial charge in [0, 0.05) is 18.0 Å². The average molecular weight is 238 g/mol. The van der Waals surface area contributed by atoms with E-state index in [4.69, 9.17) is 11.6 Å². The second-order valence-electron chi connectivity index (χ2n) is 4.77. The molecule has 0 spiro atoms. The molecule has 1 fully saturated rings. The molecule has 2 atom stereocenters. The molecule has 2 heteroatoms. The largest absolute Gasteiger partial charge is 0.298 e. The first kappa shape index (κ1) is 11.9. The van der Waals surface area contributed by atoms with Crippen molar-refractivity contribution in [3.63, 3.8) is 0 Å². The Bertz CT molecular complexity index is 312. The molecule has 1 aromatic carbocycles. The van der Waals surface area contributed by atoms with Crippen LogP contribution in [0.5, 0.6) is 0 Å². The van der Waals surface area contributed by atoms with Gasteiger partial charge in [0.25, 0.3) is 0 Å². The number of rotatable bonds is 3. The Hall–Kier alpha value is -0.530. The van der Waals surface area contributed by atoms with Gasteiger partial charge in [-0.1, -0.05) is 43.2 Å². The van der Waals surface area contributed by atoms with Crippen LogP contribution in [0.2, 0.25) is 0 Å². The van der Waals surface area contributed by atoms with Crippen LogP contribution in [-0.4, -0.2) is 23.4 Å². The second-order valence-corrected chi connectivity index (χ2v) is 5.33. The second kappa shape index (κ2) is 5.70. The topological polar surface area (TPSA) is 3.24 Å². The van der Waals surface area contributed by atoms with Crippen LogP contribution in [-0.2, 0) is 6.54 Å². The molecular weight excluding hydrogens is 218 g/mol. The predicted molar refractivity (Wildman–Crippen MR) is 69.8 cm³/mol. The number of hydrogen-bond donors (Lipinski definition) is 0. The highest BCUT2D eigenvalue weighted by Crippen LogP contribution is 2.27. The monoisotopic (exact) mass is 237 g/mol. The zero-order valence-electron chi connectivity index (χ0n) is 9.90. The normalized spacial score (nSPS) is 25.9. The Morgan fingerprint density at radius 3 is 2.56 bits per heavy atom. The highest BCUT2D eigenvalue weighted by atomic mass is 35.5. The Kier molecular flexibility index (Phi) is 4.25. The zero-order chi connectivity index (χ0) is 11.4. The first-order valence-corrected chi connectivity index (χ1v) is 6.59. The molecular formula is C14H20ClN. The molecule has 0 aliphatic heterocycles. The van der Waals surface area contributed by atoms with Gasteiger partial charge in [0.15, 0.2) is 0 Å². The number of alkyl halides is 1. The van der Waals surface area contributed by atoms with Gasteiger partial charge in [-0.25, -0.2) is 0 Å². The van der Waals surface area contributed by atoms with E-state index >= 15 is 0 Å². The van der Waals surface area contributed by atoms with Crippen LogP contribution in [0.1, 0.15) is 31.2 Å². The summed E-state index contributed by atoms with van der Waals surface area (Å²) in [7, 11) is 2.19. The van der Waals surface area contributed by atoms with Crippen molar-refractivity contribution in [3.05, 3.63) is 35.9 Å². The maximum absolute atomic E-state index is 6.40. The Morgan fingerprint density at radius 2 is 1.88 bits per heavy atom. The molecule has 1 saturated carbocycles. The smallest absolute Gasteiger partial charge is 0.0491 e. The summed E-state index contributed by atoms with van der Waals surface area (Å²) in [5.74, 6) is 0. The number of halogens is 1. The van der Waals surface area contributed by atoms with Gasteiger partial charge in [0.05, 0.1) is 0 Å². The fourth-order valence-corrected chi connectivity index (χ4v) is 3.02. The molecule has 0 bridgehead atoms. The van der Waals surface area contributed by atoms with Crippen LogP contribution in [0.15, 0.2) is 30.3 Å². The third kappa shape index (κ3) is 2.99. The van der Waals surface area contributed by atoms with Crippen molar-refractivity contribution in [2.24, 2.45) is 0 Å². The highest BCUT2D eigenvalue weighted by molar-refractivity contribution is 6.21. The molecule has 1 nitrogen and oxygen atoms in total. The summed E-state index contributed by atoms with van der Waals surface area (Å²) in [4.78, 5) is 2.41. The minimum absolute atomic E-state index is 0.336. The molecule has 16 heavy (non-hydrogen) atoms. The van der Waals surface area contributed by atoms with Gasteiger partial charge in [-0.2, -0.15) is 0 Å². The van der Waals surface area contributed by atoms with Gasteiger partial charge < -0.3 is 0 Å². The quantitative estimate of drug-likeness (QED) is 0.726. The lowest BCUT2D eigenvalue weighted by atomic mass is 9.93. The van der Waals surface area contributed by atoms with Crippen molar-refractivity contribution in [1.29, 1.82) is 0 Å². The van der Waals surface area contributed by atoms with Gasteiger partial charge in [-0.15, -0.1) is 11.6 Å². The zero-order valence-corrected chi connectivity index (χ0v) is 10.7. The third-order valence-corrected chi connectivity index (χ3v) is 4.00. The summed E-state index contributed by atoms with van der Waals surface area (Å²) >= 11 is 6.40. The summed E-state index contributed by atoms with van der Waals surface area (Å²) in [6.45, 7) is 1.01. The van der Waals surface area contributed by atoms with Crippen LogP contribution in [0.3, 0.4) is 0 Å². The Labute approximate surface area is 103 Å². The molecule has 0 saturated heterocycles. The van der Waals surface area contributed by atoms with Crippen molar-refractivity contribution < 1.29 is 0 Å². The van der Waals surface area contributed by atoms with E-state index in [1.165, 1.54) is 31.2 Å². The van der Waals surface area contributed by atoms with Crippen molar-refractivity contribution in [2.75, 3.05) is 7.05 Å². The first-order valence-electron chi connectivity index (χ1n) is 6.15. The van der Waals surface area contributed by atoms with Crippen molar-refractivity contribution >= 4 is 11.6 Å². The van der Waals surface area contributed by atoms with Crippen LogP contribution >= 0.6 is 11.6 Å². The standard InChI is InChI=1S/C14H20ClN/c1-16(11-12-7-3-2-4-8-12)14-10-6-5-9-13(14)15/h2-4,7-8,13-14H,5-6,9-11H2,1H3. The van der Waals surface area contributed by atoms with Crippen molar-refractivity contribution in [1.82, 2.24) is 4.90 Å².